The van der Waals surface area contributed by atoms with E-state index in [0.29, 0.717) is 23.2 Å². The van der Waals surface area contributed by atoms with E-state index in [1.54, 1.807) is 28.3 Å². The molecule has 1 N–H and O–H groups in total. The highest BCUT2D eigenvalue weighted by molar-refractivity contribution is 6.30. The van der Waals surface area contributed by atoms with Crippen LogP contribution in [0.2, 0.25) is 5.15 Å². The average Bonchev–Trinajstić information content (AvgIpc) is 3.43. The van der Waals surface area contributed by atoms with Gasteiger partial charge in [-0.15, -0.1) is 0 Å². The number of nitrogens with zero attached hydrogens (tertiary/aromatic N) is 7. The number of aryl methyl sites for hydroxylation is 1. The molecule has 0 aliphatic carbocycles. The molecular formula is C23H19ClN8O. The summed E-state index contributed by atoms with van der Waals surface area (Å²) in [5.41, 5.74) is 5.49. The molecule has 1 aliphatic heterocycles. The number of anilines is 3. The molecule has 1 aromatic carbocycles. The Balaban J connectivity index is 1.40. The van der Waals surface area contributed by atoms with Gasteiger partial charge >= 0.3 is 0 Å². The quantitative estimate of drug-likeness (QED) is 0.432. The Hall–Kier alpha value is -4.00. The third-order valence-corrected chi connectivity index (χ3v) is 5.61. The zero-order valence-corrected chi connectivity index (χ0v) is 18.5. The van der Waals surface area contributed by atoms with E-state index in [9.17, 15) is 5.26 Å². The third-order valence-electron chi connectivity index (χ3n) is 5.27. The smallest absolute Gasteiger partial charge is 0.227 e. The number of hydrogen-bond donors (Lipinski definition) is 1. The normalized spacial score (nSPS) is 12.5. The highest BCUT2D eigenvalue weighted by Crippen LogP contribution is 2.36. The van der Waals surface area contributed by atoms with Crippen molar-refractivity contribution in [2.75, 3.05) is 16.9 Å². The van der Waals surface area contributed by atoms with Crippen LogP contribution >= 0.6 is 11.6 Å². The largest absolute Gasteiger partial charge is 0.321 e. The number of nitriles is 1. The summed E-state index contributed by atoms with van der Waals surface area (Å²) in [5, 5.41) is 19.3. The molecule has 164 valence electrons. The molecule has 0 radical (unpaired) electrons. The summed E-state index contributed by atoms with van der Waals surface area (Å²) in [4.78, 5) is 19.0. The van der Waals surface area contributed by atoms with Gasteiger partial charge in [0.2, 0.25) is 5.95 Å². The van der Waals surface area contributed by atoms with Gasteiger partial charge in [-0.1, -0.05) is 17.7 Å². The summed E-state index contributed by atoms with van der Waals surface area (Å²) in [7, 11) is 1.84. The average molecular weight is 459 g/mol. The second-order valence-corrected chi connectivity index (χ2v) is 7.87. The van der Waals surface area contributed by atoms with Crippen molar-refractivity contribution in [1.29, 1.82) is 5.26 Å². The number of hydrogen-bond acceptors (Lipinski definition) is 8. The Bertz CT molecular complexity index is 1360. The minimum absolute atomic E-state index is 0.272. The van der Waals surface area contributed by atoms with Gasteiger partial charge in [-0.2, -0.15) is 10.4 Å². The van der Waals surface area contributed by atoms with Crippen LogP contribution in [-0.4, -0.2) is 31.3 Å². The van der Waals surface area contributed by atoms with Crippen molar-refractivity contribution in [2.24, 2.45) is 7.05 Å². The van der Waals surface area contributed by atoms with Crippen LogP contribution in [0.1, 0.15) is 16.7 Å². The van der Waals surface area contributed by atoms with E-state index < -0.39 is 0 Å². The van der Waals surface area contributed by atoms with Crippen LogP contribution in [0.5, 0.6) is 0 Å². The van der Waals surface area contributed by atoms with Crippen molar-refractivity contribution in [1.82, 2.24) is 24.7 Å². The lowest BCUT2D eigenvalue weighted by Crippen LogP contribution is -2.21. The molecule has 0 fully saturated rings. The summed E-state index contributed by atoms with van der Waals surface area (Å²) in [6.07, 6.45) is 7.62. The predicted octanol–water partition coefficient (Wildman–Crippen LogP) is 4.04. The second-order valence-electron chi connectivity index (χ2n) is 7.52. The van der Waals surface area contributed by atoms with E-state index in [-0.39, 0.29) is 6.61 Å². The first-order valence-corrected chi connectivity index (χ1v) is 10.6. The van der Waals surface area contributed by atoms with E-state index in [1.807, 2.05) is 43.6 Å². The highest BCUT2D eigenvalue weighted by atomic mass is 35.5. The second kappa shape index (κ2) is 8.86. The maximum atomic E-state index is 9.85. The van der Waals surface area contributed by atoms with Crippen LogP contribution in [0.4, 0.5) is 17.3 Å². The minimum Gasteiger partial charge on any atom is -0.321 e. The number of halogens is 1. The topological polar surface area (TPSA) is 105 Å². The van der Waals surface area contributed by atoms with Gasteiger partial charge in [-0.3, -0.25) is 14.6 Å². The predicted molar refractivity (Wildman–Crippen MR) is 124 cm³/mol. The number of nitrogens with one attached hydrogen (secondary N) is 1. The van der Waals surface area contributed by atoms with Gasteiger partial charge in [0.1, 0.15) is 17.8 Å². The molecule has 1 aliphatic rings. The van der Waals surface area contributed by atoms with Crippen LogP contribution in [0.25, 0.3) is 11.3 Å². The first-order chi connectivity index (χ1) is 16.1. The van der Waals surface area contributed by atoms with Crippen molar-refractivity contribution in [2.45, 2.75) is 13.0 Å². The van der Waals surface area contributed by atoms with E-state index in [1.165, 1.54) is 0 Å². The molecule has 3 aromatic heterocycles. The molecule has 0 unspecified atom stereocenters. The molecule has 4 heterocycles. The van der Waals surface area contributed by atoms with Crippen LogP contribution in [-0.2, 0) is 24.9 Å². The zero-order chi connectivity index (χ0) is 22.8. The summed E-state index contributed by atoms with van der Waals surface area (Å²) >= 11 is 6.14. The minimum atomic E-state index is 0.272. The van der Waals surface area contributed by atoms with Gasteiger partial charge in [-0.25, -0.2) is 15.0 Å². The molecule has 0 spiro atoms. The molecular weight excluding hydrogens is 440 g/mol. The first kappa shape index (κ1) is 20.9. The van der Waals surface area contributed by atoms with Crippen LogP contribution < -0.4 is 10.4 Å². The van der Waals surface area contributed by atoms with Crippen LogP contribution in [0.3, 0.4) is 0 Å². The van der Waals surface area contributed by atoms with Gasteiger partial charge in [-0.05, 0) is 36.2 Å². The fraction of sp³-hybridized carbons (Fsp3) is 0.174. The summed E-state index contributed by atoms with van der Waals surface area (Å²) in [6, 6.07) is 11.7. The number of hydroxylamine groups is 1. The monoisotopic (exact) mass is 458 g/mol. The number of pyridine rings is 1. The van der Waals surface area contributed by atoms with Gasteiger partial charge in [0, 0.05) is 43.3 Å². The van der Waals surface area contributed by atoms with Crippen molar-refractivity contribution in [3.05, 3.63) is 77.0 Å². The Labute approximate surface area is 195 Å². The Kier molecular flexibility index (Phi) is 5.60. The number of rotatable bonds is 6. The lowest BCUT2D eigenvalue weighted by Gasteiger charge is -2.20. The van der Waals surface area contributed by atoms with E-state index in [4.69, 9.17) is 16.4 Å². The molecule has 0 saturated carbocycles. The summed E-state index contributed by atoms with van der Waals surface area (Å²) in [6.45, 7) is 0.914. The van der Waals surface area contributed by atoms with Crippen molar-refractivity contribution in [3.8, 4) is 17.3 Å². The molecule has 5 rings (SSSR count). The molecule has 33 heavy (non-hydrogen) atoms. The fourth-order valence-corrected chi connectivity index (χ4v) is 3.92. The maximum Gasteiger partial charge on any atom is 0.227 e. The number of aromatic nitrogens is 5. The SMILES string of the molecule is Cn1cc(Nc2nccc(-c3cc(C#N)c4c(c3)CCN4OCc3cccnc3Cl)n2)cn1. The van der Waals surface area contributed by atoms with Crippen molar-refractivity contribution in [3.63, 3.8) is 0 Å². The fourth-order valence-electron chi connectivity index (χ4n) is 3.74. The van der Waals surface area contributed by atoms with Crippen LogP contribution in [0.15, 0.2) is 55.1 Å². The maximum absolute atomic E-state index is 9.85. The Morgan fingerprint density at radius 1 is 1.24 bits per heavy atom. The van der Waals surface area contributed by atoms with Gasteiger partial charge in [0.15, 0.2) is 0 Å². The molecule has 9 nitrogen and oxygen atoms in total. The molecule has 0 saturated heterocycles. The molecule has 0 atom stereocenters. The lowest BCUT2D eigenvalue weighted by atomic mass is 10.0. The molecule has 10 heteroatoms. The lowest BCUT2D eigenvalue weighted by molar-refractivity contribution is 0.0995. The Morgan fingerprint density at radius 3 is 2.94 bits per heavy atom. The van der Waals surface area contributed by atoms with E-state index >= 15 is 0 Å². The molecule has 0 amide bonds. The van der Waals surface area contributed by atoms with E-state index in [0.717, 1.165) is 40.2 Å². The van der Waals surface area contributed by atoms with Gasteiger partial charge in [0.05, 0.1) is 28.8 Å². The summed E-state index contributed by atoms with van der Waals surface area (Å²) < 4.78 is 1.70. The van der Waals surface area contributed by atoms with Crippen LogP contribution in [0, 0.1) is 11.3 Å². The van der Waals surface area contributed by atoms with E-state index in [2.05, 4.69) is 31.4 Å². The van der Waals surface area contributed by atoms with Gasteiger partial charge < -0.3 is 5.32 Å². The zero-order valence-electron chi connectivity index (χ0n) is 17.7. The first-order valence-electron chi connectivity index (χ1n) is 10.3. The highest BCUT2D eigenvalue weighted by Gasteiger charge is 2.25. The number of benzene rings is 1. The Morgan fingerprint density at radius 2 is 2.15 bits per heavy atom. The third kappa shape index (κ3) is 4.35. The standard InChI is InChI=1S/C23H19ClN8O/c1-31-13-19(12-28-31)29-23-27-7-4-20(30-23)17-9-15-5-8-32(21(15)18(10-17)11-25)33-14-16-3-2-6-26-22(16)24/h2-4,6-7,9-10,12-13H,5,8,14H2,1H3,(H,27,29,30). The molecule has 0 bridgehead atoms. The molecule has 4 aromatic rings. The number of fused-ring (bicyclic) bond motifs is 1. The van der Waals surface area contributed by atoms with Crippen molar-refractivity contribution >= 4 is 28.9 Å². The summed E-state index contributed by atoms with van der Waals surface area (Å²) in [5.74, 6) is 0.456. The van der Waals surface area contributed by atoms with Crippen molar-refractivity contribution < 1.29 is 4.84 Å². The van der Waals surface area contributed by atoms with Gasteiger partial charge in [0.25, 0.3) is 0 Å².